The van der Waals surface area contributed by atoms with Gasteiger partial charge < -0.3 is 10.5 Å². The maximum Gasteiger partial charge on any atom is 0.187 e. The molecule has 5 rings (SSSR count). The number of methoxy groups -OCH3 is 1. The zero-order valence-corrected chi connectivity index (χ0v) is 16.7. The molecule has 2 N–H and O–H groups in total. The van der Waals surface area contributed by atoms with Gasteiger partial charge in [-0.15, -0.1) is 10.2 Å². The zero-order valence-electron chi connectivity index (χ0n) is 16.7. The summed E-state index contributed by atoms with van der Waals surface area (Å²) in [5.41, 5.74) is 10.8. The fourth-order valence-corrected chi connectivity index (χ4v) is 4.08. The van der Waals surface area contributed by atoms with Crippen LogP contribution in [0.2, 0.25) is 0 Å². The van der Waals surface area contributed by atoms with Crippen molar-refractivity contribution in [2.75, 3.05) is 20.2 Å². The minimum Gasteiger partial charge on any atom is -0.496 e. The van der Waals surface area contributed by atoms with Gasteiger partial charge in [0.25, 0.3) is 0 Å². The van der Waals surface area contributed by atoms with Crippen molar-refractivity contribution in [3.05, 3.63) is 53.7 Å². The van der Waals surface area contributed by atoms with Crippen molar-refractivity contribution in [3.63, 3.8) is 0 Å². The third-order valence-electron chi connectivity index (χ3n) is 5.61. The summed E-state index contributed by atoms with van der Waals surface area (Å²) in [4.78, 5) is 7.22. The first-order valence-electron chi connectivity index (χ1n) is 9.88. The molecule has 148 valence electrons. The SMILES string of the molecule is COc1cc2nc(-c3nnc4ccc(CN5CCC(N)C5)cn34)ccc2cc1C. The van der Waals surface area contributed by atoms with Gasteiger partial charge in [0.2, 0.25) is 0 Å². The van der Waals surface area contributed by atoms with Crippen LogP contribution >= 0.6 is 0 Å². The lowest BCUT2D eigenvalue weighted by molar-refractivity contribution is 0.326. The summed E-state index contributed by atoms with van der Waals surface area (Å²) in [5, 5.41) is 9.80. The van der Waals surface area contributed by atoms with Crippen molar-refractivity contribution in [1.82, 2.24) is 24.5 Å². The van der Waals surface area contributed by atoms with Gasteiger partial charge in [-0.05, 0) is 42.7 Å². The van der Waals surface area contributed by atoms with E-state index in [-0.39, 0.29) is 6.04 Å². The maximum absolute atomic E-state index is 6.04. The highest BCUT2D eigenvalue weighted by molar-refractivity contribution is 5.83. The molecule has 1 aromatic carbocycles. The molecule has 4 aromatic rings. The molecule has 0 aliphatic carbocycles. The summed E-state index contributed by atoms with van der Waals surface area (Å²) in [6, 6.07) is 12.5. The monoisotopic (exact) mass is 388 g/mol. The van der Waals surface area contributed by atoms with E-state index in [0.29, 0.717) is 0 Å². The molecule has 1 saturated heterocycles. The van der Waals surface area contributed by atoms with Crippen molar-refractivity contribution in [3.8, 4) is 17.3 Å². The molecule has 1 aliphatic rings. The van der Waals surface area contributed by atoms with Gasteiger partial charge in [0, 0.05) is 43.3 Å². The summed E-state index contributed by atoms with van der Waals surface area (Å²) in [6.45, 7) is 4.90. The van der Waals surface area contributed by atoms with E-state index in [4.69, 9.17) is 15.5 Å². The lowest BCUT2D eigenvalue weighted by Crippen LogP contribution is -2.26. The van der Waals surface area contributed by atoms with Gasteiger partial charge in [0.15, 0.2) is 11.5 Å². The quantitative estimate of drug-likeness (QED) is 0.579. The number of benzene rings is 1. The number of aryl methyl sites for hydroxylation is 1. The van der Waals surface area contributed by atoms with Crippen LogP contribution in [-0.2, 0) is 6.54 Å². The second-order valence-electron chi connectivity index (χ2n) is 7.78. The molecule has 4 heterocycles. The van der Waals surface area contributed by atoms with E-state index in [1.807, 2.05) is 29.5 Å². The summed E-state index contributed by atoms with van der Waals surface area (Å²) in [5.74, 6) is 1.57. The van der Waals surface area contributed by atoms with Crippen LogP contribution in [0.15, 0.2) is 42.6 Å². The number of nitrogens with zero attached hydrogens (tertiary/aromatic N) is 5. The molecule has 7 nitrogen and oxygen atoms in total. The molecule has 0 bridgehead atoms. The van der Waals surface area contributed by atoms with Crippen LogP contribution in [0, 0.1) is 6.92 Å². The summed E-state index contributed by atoms with van der Waals surface area (Å²) >= 11 is 0. The summed E-state index contributed by atoms with van der Waals surface area (Å²) < 4.78 is 7.47. The summed E-state index contributed by atoms with van der Waals surface area (Å²) in [7, 11) is 1.68. The molecule has 1 unspecified atom stereocenters. The molecule has 1 fully saturated rings. The van der Waals surface area contributed by atoms with Crippen LogP contribution in [0.3, 0.4) is 0 Å². The Labute approximate surface area is 169 Å². The number of hydrogen-bond donors (Lipinski definition) is 1. The van der Waals surface area contributed by atoms with E-state index in [9.17, 15) is 0 Å². The number of fused-ring (bicyclic) bond motifs is 2. The second kappa shape index (κ2) is 7.09. The van der Waals surface area contributed by atoms with Crippen molar-refractivity contribution >= 4 is 16.6 Å². The number of ether oxygens (including phenoxy) is 1. The number of hydrogen-bond acceptors (Lipinski definition) is 6. The Morgan fingerprint density at radius 2 is 2.07 bits per heavy atom. The summed E-state index contributed by atoms with van der Waals surface area (Å²) in [6.07, 6.45) is 3.17. The number of likely N-dealkylation sites (tertiary alicyclic amines) is 1. The number of nitrogens with two attached hydrogens (primary N) is 1. The van der Waals surface area contributed by atoms with E-state index >= 15 is 0 Å². The fourth-order valence-electron chi connectivity index (χ4n) is 4.08. The number of aromatic nitrogens is 4. The Kier molecular flexibility index (Phi) is 4.41. The highest BCUT2D eigenvalue weighted by Gasteiger charge is 2.19. The first kappa shape index (κ1) is 18.0. The minimum atomic E-state index is 0.284. The smallest absolute Gasteiger partial charge is 0.187 e. The van der Waals surface area contributed by atoms with E-state index in [0.717, 1.165) is 65.4 Å². The molecular weight excluding hydrogens is 364 g/mol. The minimum absolute atomic E-state index is 0.284. The third kappa shape index (κ3) is 3.32. The van der Waals surface area contributed by atoms with E-state index < -0.39 is 0 Å². The van der Waals surface area contributed by atoms with E-state index in [2.05, 4.69) is 39.5 Å². The predicted molar refractivity (Wildman–Crippen MR) is 113 cm³/mol. The zero-order chi connectivity index (χ0) is 20.0. The van der Waals surface area contributed by atoms with Gasteiger partial charge in [0.05, 0.1) is 12.6 Å². The molecule has 1 atom stereocenters. The van der Waals surface area contributed by atoms with Crippen molar-refractivity contribution in [1.29, 1.82) is 0 Å². The molecule has 3 aromatic heterocycles. The molecule has 0 saturated carbocycles. The molecule has 0 amide bonds. The fraction of sp³-hybridized carbons (Fsp3) is 0.318. The van der Waals surface area contributed by atoms with Crippen molar-refractivity contribution in [2.45, 2.75) is 25.9 Å². The average Bonchev–Trinajstić information content (AvgIpc) is 3.33. The second-order valence-corrected chi connectivity index (χ2v) is 7.78. The number of pyridine rings is 2. The molecule has 7 heteroatoms. The molecule has 0 spiro atoms. The van der Waals surface area contributed by atoms with Gasteiger partial charge in [-0.25, -0.2) is 4.98 Å². The largest absolute Gasteiger partial charge is 0.496 e. The normalized spacial score (nSPS) is 17.4. The Bertz CT molecular complexity index is 1200. The van der Waals surface area contributed by atoms with Gasteiger partial charge in [-0.1, -0.05) is 12.1 Å². The van der Waals surface area contributed by atoms with Crippen molar-refractivity contribution < 1.29 is 4.74 Å². The van der Waals surface area contributed by atoms with Crippen LogP contribution in [0.4, 0.5) is 0 Å². The van der Waals surface area contributed by atoms with Crippen LogP contribution in [0.25, 0.3) is 28.1 Å². The van der Waals surface area contributed by atoms with Gasteiger partial charge >= 0.3 is 0 Å². The lowest BCUT2D eigenvalue weighted by Gasteiger charge is -2.15. The first-order valence-corrected chi connectivity index (χ1v) is 9.88. The Morgan fingerprint density at radius 1 is 1.17 bits per heavy atom. The van der Waals surface area contributed by atoms with Crippen LogP contribution in [0.1, 0.15) is 17.5 Å². The lowest BCUT2D eigenvalue weighted by atomic mass is 10.1. The van der Waals surface area contributed by atoms with Gasteiger partial charge in [-0.2, -0.15) is 0 Å². The molecular formula is C22H24N6O. The first-order chi connectivity index (χ1) is 14.1. The Balaban J connectivity index is 1.53. The van der Waals surface area contributed by atoms with Crippen LogP contribution < -0.4 is 10.5 Å². The van der Waals surface area contributed by atoms with Crippen LogP contribution in [-0.4, -0.2) is 50.7 Å². The molecule has 1 aliphatic heterocycles. The highest BCUT2D eigenvalue weighted by Crippen LogP contribution is 2.27. The van der Waals surface area contributed by atoms with E-state index in [1.54, 1.807) is 7.11 Å². The van der Waals surface area contributed by atoms with Crippen LogP contribution in [0.5, 0.6) is 5.75 Å². The maximum atomic E-state index is 6.04. The highest BCUT2D eigenvalue weighted by atomic mass is 16.5. The topological polar surface area (TPSA) is 81.6 Å². The number of rotatable bonds is 4. The Morgan fingerprint density at radius 3 is 2.86 bits per heavy atom. The molecule has 29 heavy (non-hydrogen) atoms. The van der Waals surface area contributed by atoms with E-state index in [1.165, 1.54) is 5.56 Å². The van der Waals surface area contributed by atoms with Gasteiger partial charge in [-0.3, -0.25) is 9.30 Å². The average molecular weight is 388 g/mol. The van der Waals surface area contributed by atoms with Gasteiger partial charge in [0.1, 0.15) is 11.4 Å². The standard InChI is InChI=1S/C22H24N6O/c1-14-9-16-4-5-18(24-19(16)10-20(14)29-2)22-26-25-21-6-3-15(12-28(21)22)11-27-8-7-17(23)13-27/h3-6,9-10,12,17H,7-8,11,13,23H2,1-2H3. The third-order valence-corrected chi connectivity index (χ3v) is 5.61. The Hall–Kier alpha value is -3.03. The predicted octanol–water partition coefficient (Wildman–Crippen LogP) is 2.79. The molecule has 0 radical (unpaired) electrons. The van der Waals surface area contributed by atoms with Crippen molar-refractivity contribution in [2.24, 2.45) is 5.73 Å².